The van der Waals surface area contributed by atoms with Gasteiger partial charge in [-0.1, -0.05) is 19.3 Å². The molecule has 3 heterocycles. The Bertz CT molecular complexity index is 1120. The average molecular weight is 411 g/mol. The summed E-state index contributed by atoms with van der Waals surface area (Å²) < 4.78 is 22.4. The number of hydrogen-bond acceptors (Lipinski definition) is 5. The number of benzene rings is 1. The summed E-state index contributed by atoms with van der Waals surface area (Å²) >= 11 is -2.01. The van der Waals surface area contributed by atoms with Gasteiger partial charge in [0, 0.05) is 23.8 Å². The molecule has 2 aliphatic rings. The van der Waals surface area contributed by atoms with Crippen molar-refractivity contribution in [3.63, 3.8) is 0 Å². The molecule has 1 saturated carbocycles. The minimum absolute atomic E-state index is 0.0682. The Morgan fingerprint density at radius 1 is 1.17 bits per heavy atom. The third kappa shape index (κ3) is 3.10. The third-order valence-corrected chi connectivity index (χ3v) is 6.60. The zero-order chi connectivity index (χ0) is 20.0. The van der Waals surface area contributed by atoms with Gasteiger partial charge in [-0.2, -0.15) is 4.98 Å². The second kappa shape index (κ2) is 6.93. The van der Waals surface area contributed by atoms with E-state index < -0.39 is 11.1 Å². The minimum Gasteiger partial charge on any atom is -0.348 e. The van der Waals surface area contributed by atoms with Gasteiger partial charge in [-0.15, -0.1) is 0 Å². The molecule has 0 radical (unpaired) electrons. The number of carbonyl (C=O) groups excluding carboxylic acids is 1. The molecule has 3 N–H and O–H groups in total. The summed E-state index contributed by atoms with van der Waals surface area (Å²) in [6, 6.07) is 8.45. The normalized spacial score (nSPS) is 19.0. The fraction of sp³-hybridized carbons (Fsp3) is 0.350. The summed E-state index contributed by atoms with van der Waals surface area (Å²) in [5.74, 6) is 0.356. The second-order valence-electron chi connectivity index (χ2n) is 7.70. The van der Waals surface area contributed by atoms with E-state index in [1.54, 1.807) is 30.5 Å². The van der Waals surface area contributed by atoms with Crippen molar-refractivity contribution in [1.82, 2.24) is 19.9 Å². The number of rotatable bonds is 3. The van der Waals surface area contributed by atoms with Gasteiger partial charge in [-0.05, 0) is 43.2 Å². The van der Waals surface area contributed by atoms with Gasteiger partial charge in [0.25, 0.3) is 5.91 Å². The van der Waals surface area contributed by atoms with Crippen LogP contribution in [0, 0.1) is 0 Å². The summed E-state index contributed by atoms with van der Waals surface area (Å²) in [6.07, 6.45) is 7.29. The van der Waals surface area contributed by atoms with E-state index in [0.29, 0.717) is 28.8 Å². The van der Waals surface area contributed by atoms with Crippen LogP contribution in [0.25, 0.3) is 11.0 Å². The van der Waals surface area contributed by atoms with Crippen molar-refractivity contribution in [1.29, 1.82) is 0 Å². The quantitative estimate of drug-likeness (QED) is 0.571. The van der Waals surface area contributed by atoms with Crippen molar-refractivity contribution in [2.24, 2.45) is 0 Å². The number of hydrogen-bond donors (Lipinski definition) is 3. The predicted octanol–water partition coefficient (Wildman–Crippen LogP) is 3.16. The zero-order valence-electron chi connectivity index (χ0n) is 15.7. The van der Waals surface area contributed by atoms with Crippen molar-refractivity contribution in [3.8, 4) is 0 Å². The summed E-state index contributed by atoms with van der Waals surface area (Å²) in [7, 11) is 0. The molecular formula is C20H21N5O3S. The van der Waals surface area contributed by atoms with Gasteiger partial charge in [0.1, 0.15) is 11.3 Å². The maximum Gasteiger partial charge on any atom is 0.268 e. The lowest BCUT2D eigenvalue weighted by Gasteiger charge is -2.42. The molecule has 3 aromatic rings. The highest BCUT2D eigenvalue weighted by Crippen LogP contribution is 2.40. The Morgan fingerprint density at radius 3 is 2.66 bits per heavy atom. The lowest BCUT2D eigenvalue weighted by Crippen LogP contribution is -2.52. The van der Waals surface area contributed by atoms with Crippen molar-refractivity contribution in [3.05, 3.63) is 42.2 Å². The zero-order valence-corrected chi connectivity index (χ0v) is 16.5. The van der Waals surface area contributed by atoms with E-state index in [4.69, 9.17) is 9.54 Å². The molecule has 1 unspecified atom stereocenters. The number of carbonyl (C=O) groups is 1. The number of nitrogens with one attached hydrogen (secondary N) is 2. The van der Waals surface area contributed by atoms with Crippen LogP contribution in [0.15, 0.2) is 41.4 Å². The van der Waals surface area contributed by atoms with E-state index in [0.717, 1.165) is 36.7 Å². The first-order chi connectivity index (χ1) is 14.1. The summed E-state index contributed by atoms with van der Waals surface area (Å²) in [5, 5.41) is 7.05. The SMILES string of the molecule is O=C1NCC2(CCCCC2)n2c1cc1cnc(Nc3ccc(S(=O)O)cc3)nc12. The lowest BCUT2D eigenvalue weighted by atomic mass is 9.80. The predicted molar refractivity (Wildman–Crippen MR) is 110 cm³/mol. The van der Waals surface area contributed by atoms with E-state index in [9.17, 15) is 9.00 Å². The molecular weight excluding hydrogens is 390 g/mol. The van der Waals surface area contributed by atoms with Crippen LogP contribution in [0.1, 0.15) is 42.6 Å². The van der Waals surface area contributed by atoms with Crippen LogP contribution in [0.4, 0.5) is 11.6 Å². The van der Waals surface area contributed by atoms with E-state index in [2.05, 4.69) is 20.2 Å². The van der Waals surface area contributed by atoms with Gasteiger partial charge in [0.15, 0.2) is 11.1 Å². The van der Waals surface area contributed by atoms with Gasteiger partial charge in [0.2, 0.25) is 5.95 Å². The average Bonchev–Trinajstić information content (AvgIpc) is 3.13. The summed E-state index contributed by atoms with van der Waals surface area (Å²) in [5.41, 5.74) is 2.01. The van der Waals surface area contributed by atoms with Gasteiger partial charge in [-0.25, -0.2) is 9.19 Å². The molecule has 1 aliphatic carbocycles. The molecule has 1 aromatic carbocycles. The Kier molecular flexibility index (Phi) is 4.36. The minimum atomic E-state index is -2.01. The molecule has 150 valence electrons. The Labute approximate surface area is 170 Å². The molecule has 0 saturated heterocycles. The van der Waals surface area contributed by atoms with Gasteiger partial charge in [-0.3, -0.25) is 4.79 Å². The van der Waals surface area contributed by atoms with Crippen LogP contribution < -0.4 is 10.6 Å². The van der Waals surface area contributed by atoms with E-state index in [-0.39, 0.29) is 11.4 Å². The lowest BCUT2D eigenvalue weighted by molar-refractivity contribution is 0.0833. The molecule has 2 aromatic heterocycles. The summed E-state index contributed by atoms with van der Waals surface area (Å²) in [6.45, 7) is 0.634. The van der Waals surface area contributed by atoms with E-state index in [1.807, 2.05) is 6.07 Å². The first-order valence-corrected chi connectivity index (χ1v) is 10.8. The smallest absolute Gasteiger partial charge is 0.268 e. The van der Waals surface area contributed by atoms with Crippen molar-refractivity contribution in [2.45, 2.75) is 42.5 Å². The van der Waals surface area contributed by atoms with Crippen LogP contribution in [0.5, 0.6) is 0 Å². The van der Waals surface area contributed by atoms with Crippen LogP contribution in [0.2, 0.25) is 0 Å². The number of anilines is 2. The van der Waals surface area contributed by atoms with Crippen molar-refractivity contribution in [2.75, 3.05) is 11.9 Å². The standard InChI is InChI=1S/C20H21N5O3S/c26-18-16-10-13-11-21-19(23-14-4-6-15(7-5-14)29(27)28)24-17(13)25(16)20(12-22-18)8-2-1-3-9-20/h4-7,10-11H,1-3,8-9,12H2,(H,22,26)(H,27,28)(H,21,23,24). The fourth-order valence-corrected chi connectivity index (χ4v) is 4.87. The molecule has 5 rings (SSSR count). The van der Waals surface area contributed by atoms with Crippen molar-refractivity contribution < 1.29 is 13.6 Å². The molecule has 9 heteroatoms. The number of fused-ring (bicyclic) bond motifs is 4. The van der Waals surface area contributed by atoms with Crippen LogP contribution in [-0.2, 0) is 16.6 Å². The van der Waals surface area contributed by atoms with Crippen molar-refractivity contribution >= 4 is 39.7 Å². The maximum atomic E-state index is 12.5. The Hall–Kier alpha value is -2.78. The molecule has 1 amide bonds. The Balaban J connectivity index is 1.55. The monoisotopic (exact) mass is 411 g/mol. The van der Waals surface area contributed by atoms with Gasteiger partial charge >= 0.3 is 0 Å². The third-order valence-electron chi connectivity index (χ3n) is 5.92. The van der Waals surface area contributed by atoms with Crippen LogP contribution in [-0.4, -0.2) is 35.7 Å². The van der Waals surface area contributed by atoms with Gasteiger partial charge in [0.05, 0.1) is 10.4 Å². The maximum absolute atomic E-state index is 12.5. The highest BCUT2D eigenvalue weighted by molar-refractivity contribution is 7.79. The molecule has 0 bridgehead atoms. The van der Waals surface area contributed by atoms with Gasteiger partial charge < -0.3 is 19.8 Å². The molecule has 8 nitrogen and oxygen atoms in total. The summed E-state index contributed by atoms with van der Waals surface area (Å²) in [4.78, 5) is 22.0. The largest absolute Gasteiger partial charge is 0.348 e. The molecule has 1 spiro atoms. The molecule has 1 atom stereocenters. The van der Waals surface area contributed by atoms with E-state index in [1.165, 1.54) is 6.42 Å². The first-order valence-electron chi connectivity index (χ1n) is 9.71. The van der Waals surface area contributed by atoms with Crippen LogP contribution in [0.3, 0.4) is 0 Å². The molecule has 1 fully saturated rings. The number of amides is 1. The fourth-order valence-electron chi connectivity index (χ4n) is 4.50. The highest BCUT2D eigenvalue weighted by atomic mass is 32.2. The first kappa shape index (κ1) is 18.3. The molecule has 1 aliphatic heterocycles. The second-order valence-corrected chi connectivity index (χ2v) is 8.67. The Morgan fingerprint density at radius 2 is 1.93 bits per heavy atom. The number of nitrogens with zero attached hydrogens (tertiary/aromatic N) is 3. The van der Waals surface area contributed by atoms with E-state index >= 15 is 0 Å². The van der Waals surface area contributed by atoms with Crippen LogP contribution >= 0.6 is 0 Å². The molecule has 29 heavy (non-hydrogen) atoms. The highest BCUT2D eigenvalue weighted by Gasteiger charge is 2.41. The number of aromatic nitrogens is 3. The topological polar surface area (TPSA) is 109 Å².